The van der Waals surface area contributed by atoms with Crippen molar-refractivity contribution in [2.24, 2.45) is 0 Å². The highest BCUT2D eigenvalue weighted by Crippen LogP contribution is 2.32. The second-order valence-corrected chi connectivity index (χ2v) is 6.20. The molecular weight excluding hydrogens is 330 g/mol. The molecule has 110 valence electrons. The van der Waals surface area contributed by atoms with E-state index in [0.717, 1.165) is 34.5 Å². The first kappa shape index (κ1) is 14.3. The molecule has 1 atom stereocenters. The van der Waals surface area contributed by atoms with E-state index in [0.29, 0.717) is 12.8 Å². The second kappa shape index (κ2) is 6.39. The van der Waals surface area contributed by atoms with Crippen LogP contribution >= 0.6 is 15.9 Å². The Morgan fingerprint density at radius 3 is 2.86 bits per heavy atom. The van der Waals surface area contributed by atoms with Crippen LogP contribution in [-0.2, 0) is 6.42 Å². The van der Waals surface area contributed by atoms with E-state index >= 15 is 0 Å². The Morgan fingerprint density at radius 2 is 2.00 bits per heavy atom. The average Bonchev–Trinajstić information content (AvgIpc) is 2.92. The van der Waals surface area contributed by atoms with Crippen LogP contribution in [0.25, 0.3) is 0 Å². The lowest BCUT2D eigenvalue weighted by atomic mass is 10.1. The number of fused-ring (bicyclic) bond motifs is 1. The van der Waals surface area contributed by atoms with Crippen LogP contribution in [0.1, 0.15) is 18.9 Å². The first-order valence-corrected chi connectivity index (χ1v) is 7.90. The van der Waals surface area contributed by atoms with E-state index in [1.807, 2.05) is 18.2 Å². The molecule has 1 N–H and O–H groups in total. The van der Waals surface area contributed by atoms with Gasteiger partial charge in [-0.25, -0.2) is 0 Å². The fourth-order valence-corrected chi connectivity index (χ4v) is 2.81. The van der Waals surface area contributed by atoms with E-state index in [9.17, 15) is 0 Å². The van der Waals surface area contributed by atoms with E-state index in [1.165, 1.54) is 5.56 Å². The van der Waals surface area contributed by atoms with Gasteiger partial charge >= 0.3 is 0 Å². The number of anilines is 1. The predicted molar refractivity (Wildman–Crippen MR) is 88.1 cm³/mol. The maximum Gasteiger partial charge on any atom is 0.231 e. The van der Waals surface area contributed by atoms with Crippen molar-refractivity contribution >= 4 is 21.6 Å². The first-order valence-electron chi connectivity index (χ1n) is 7.11. The smallest absolute Gasteiger partial charge is 0.231 e. The van der Waals surface area contributed by atoms with Gasteiger partial charge in [0.1, 0.15) is 0 Å². The Labute approximate surface area is 133 Å². The normalized spacial score (nSPS) is 14.0. The summed E-state index contributed by atoms with van der Waals surface area (Å²) in [4.78, 5) is 0. The summed E-state index contributed by atoms with van der Waals surface area (Å²) < 4.78 is 11.8. The van der Waals surface area contributed by atoms with Crippen molar-refractivity contribution in [3.8, 4) is 11.5 Å². The molecule has 4 heteroatoms. The van der Waals surface area contributed by atoms with Gasteiger partial charge in [0.25, 0.3) is 0 Å². The number of nitrogens with one attached hydrogen (secondary N) is 1. The van der Waals surface area contributed by atoms with Crippen LogP contribution in [0.5, 0.6) is 11.5 Å². The molecule has 0 aliphatic carbocycles. The Morgan fingerprint density at radius 1 is 1.14 bits per heavy atom. The van der Waals surface area contributed by atoms with Gasteiger partial charge < -0.3 is 14.8 Å². The molecule has 2 aromatic rings. The minimum atomic E-state index is 0.333. The molecule has 2 aromatic carbocycles. The molecule has 0 amide bonds. The van der Waals surface area contributed by atoms with E-state index in [2.05, 4.69) is 52.4 Å². The molecule has 3 nitrogen and oxygen atoms in total. The van der Waals surface area contributed by atoms with Gasteiger partial charge in [0.15, 0.2) is 11.5 Å². The molecule has 0 aromatic heterocycles. The average molecular weight is 348 g/mol. The Hall–Kier alpha value is -1.68. The highest BCUT2D eigenvalue weighted by molar-refractivity contribution is 9.10. The SMILES string of the molecule is CC(CCc1ccc2c(c1)OCO2)Nc1cccc(Br)c1. The number of ether oxygens (including phenoxy) is 2. The van der Waals surface area contributed by atoms with Crippen LogP contribution in [0.15, 0.2) is 46.9 Å². The van der Waals surface area contributed by atoms with Crippen molar-refractivity contribution in [1.29, 1.82) is 0 Å². The first-order chi connectivity index (χ1) is 10.2. The lowest BCUT2D eigenvalue weighted by Gasteiger charge is -2.15. The molecule has 0 saturated heterocycles. The summed E-state index contributed by atoms with van der Waals surface area (Å²) in [5.41, 5.74) is 2.42. The Bertz CT molecular complexity index is 630. The summed E-state index contributed by atoms with van der Waals surface area (Å²) in [6, 6.07) is 14.8. The van der Waals surface area contributed by atoms with Crippen molar-refractivity contribution in [3.05, 3.63) is 52.5 Å². The molecule has 1 unspecified atom stereocenters. The van der Waals surface area contributed by atoms with Crippen molar-refractivity contribution in [1.82, 2.24) is 0 Å². The Balaban J connectivity index is 1.55. The van der Waals surface area contributed by atoms with Gasteiger partial charge in [0.05, 0.1) is 0 Å². The molecule has 0 fully saturated rings. The molecular formula is C17H18BrNO2. The molecule has 1 aliphatic heterocycles. The van der Waals surface area contributed by atoms with Gasteiger partial charge in [-0.2, -0.15) is 0 Å². The zero-order chi connectivity index (χ0) is 14.7. The number of rotatable bonds is 5. The standard InChI is InChI=1S/C17H18BrNO2/c1-12(19-15-4-2-3-14(18)10-15)5-6-13-7-8-16-17(9-13)21-11-20-16/h2-4,7-10,12,19H,5-6,11H2,1H3. The van der Waals surface area contributed by atoms with Crippen LogP contribution in [0.4, 0.5) is 5.69 Å². The van der Waals surface area contributed by atoms with Crippen LogP contribution in [0.3, 0.4) is 0 Å². The minimum Gasteiger partial charge on any atom is -0.454 e. The van der Waals surface area contributed by atoms with Gasteiger partial charge in [-0.05, 0) is 55.7 Å². The number of hydrogen-bond acceptors (Lipinski definition) is 3. The topological polar surface area (TPSA) is 30.5 Å². The summed E-state index contributed by atoms with van der Waals surface area (Å²) >= 11 is 3.49. The van der Waals surface area contributed by atoms with E-state index in [4.69, 9.17) is 9.47 Å². The van der Waals surface area contributed by atoms with Gasteiger partial charge in [0.2, 0.25) is 6.79 Å². The lowest BCUT2D eigenvalue weighted by Crippen LogP contribution is -2.15. The van der Waals surface area contributed by atoms with Crippen molar-refractivity contribution in [2.75, 3.05) is 12.1 Å². The zero-order valence-corrected chi connectivity index (χ0v) is 13.5. The van der Waals surface area contributed by atoms with Crippen LogP contribution in [-0.4, -0.2) is 12.8 Å². The third-order valence-electron chi connectivity index (χ3n) is 3.54. The van der Waals surface area contributed by atoms with Gasteiger partial charge in [-0.3, -0.25) is 0 Å². The fraction of sp³-hybridized carbons (Fsp3) is 0.294. The molecule has 0 radical (unpaired) electrons. The Kier molecular flexibility index (Phi) is 4.34. The number of benzene rings is 2. The van der Waals surface area contributed by atoms with E-state index in [1.54, 1.807) is 0 Å². The zero-order valence-electron chi connectivity index (χ0n) is 11.9. The maximum atomic E-state index is 5.41. The summed E-state index contributed by atoms with van der Waals surface area (Å²) in [7, 11) is 0. The molecule has 21 heavy (non-hydrogen) atoms. The third kappa shape index (κ3) is 3.70. The van der Waals surface area contributed by atoms with Gasteiger partial charge in [-0.15, -0.1) is 0 Å². The van der Waals surface area contributed by atoms with Crippen LogP contribution < -0.4 is 14.8 Å². The van der Waals surface area contributed by atoms with Crippen molar-refractivity contribution < 1.29 is 9.47 Å². The summed E-state index contributed by atoms with van der Waals surface area (Å²) in [5, 5.41) is 3.52. The quantitative estimate of drug-likeness (QED) is 0.856. The second-order valence-electron chi connectivity index (χ2n) is 5.28. The summed E-state index contributed by atoms with van der Waals surface area (Å²) in [6.45, 7) is 2.54. The maximum absolute atomic E-state index is 5.41. The monoisotopic (exact) mass is 347 g/mol. The number of halogens is 1. The molecule has 1 aliphatic rings. The van der Waals surface area contributed by atoms with Crippen LogP contribution in [0, 0.1) is 0 Å². The highest BCUT2D eigenvalue weighted by atomic mass is 79.9. The van der Waals surface area contributed by atoms with Crippen molar-refractivity contribution in [2.45, 2.75) is 25.8 Å². The highest BCUT2D eigenvalue weighted by Gasteiger charge is 2.13. The van der Waals surface area contributed by atoms with Gasteiger partial charge in [-0.1, -0.05) is 28.1 Å². The number of hydrogen-bond donors (Lipinski definition) is 1. The molecule has 1 heterocycles. The lowest BCUT2D eigenvalue weighted by molar-refractivity contribution is 0.174. The van der Waals surface area contributed by atoms with E-state index < -0.39 is 0 Å². The minimum absolute atomic E-state index is 0.333. The van der Waals surface area contributed by atoms with Crippen molar-refractivity contribution in [3.63, 3.8) is 0 Å². The summed E-state index contributed by atoms with van der Waals surface area (Å²) in [5.74, 6) is 1.71. The number of aryl methyl sites for hydroxylation is 1. The van der Waals surface area contributed by atoms with Gasteiger partial charge in [0, 0.05) is 16.2 Å². The van der Waals surface area contributed by atoms with Crippen LogP contribution in [0.2, 0.25) is 0 Å². The summed E-state index contributed by atoms with van der Waals surface area (Å²) in [6.07, 6.45) is 2.07. The molecule has 0 bridgehead atoms. The molecule has 0 spiro atoms. The fourth-order valence-electron chi connectivity index (χ4n) is 2.41. The predicted octanol–water partition coefficient (Wildman–Crippen LogP) is 4.61. The van der Waals surface area contributed by atoms with E-state index in [-0.39, 0.29) is 0 Å². The largest absolute Gasteiger partial charge is 0.454 e. The molecule has 0 saturated carbocycles. The third-order valence-corrected chi connectivity index (χ3v) is 4.03. The molecule has 3 rings (SSSR count).